The summed E-state index contributed by atoms with van der Waals surface area (Å²) >= 11 is 6.12. The SMILES string of the molecule is CCCCC1CCC(C(=O)c2ccc(C)c(Cl)c2)CC1. The second-order valence-corrected chi connectivity index (χ2v) is 6.60. The molecule has 2 heteroatoms. The molecular weight excluding hydrogens is 268 g/mol. The maximum atomic E-state index is 12.5. The number of hydrogen-bond donors (Lipinski definition) is 0. The lowest BCUT2D eigenvalue weighted by atomic mass is 9.77. The molecule has 1 fully saturated rings. The van der Waals surface area contributed by atoms with Crippen LogP contribution in [0.3, 0.4) is 0 Å². The van der Waals surface area contributed by atoms with Gasteiger partial charge in [0.2, 0.25) is 0 Å². The zero-order valence-corrected chi connectivity index (χ0v) is 13.4. The summed E-state index contributed by atoms with van der Waals surface area (Å²) in [5.74, 6) is 1.35. The molecule has 0 spiro atoms. The smallest absolute Gasteiger partial charge is 0.165 e. The van der Waals surface area contributed by atoms with E-state index >= 15 is 0 Å². The van der Waals surface area contributed by atoms with E-state index in [0.29, 0.717) is 10.8 Å². The number of halogens is 1. The molecule has 1 aliphatic rings. The highest BCUT2D eigenvalue weighted by molar-refractivity contribution is 6.31. The second-order valence-electron chi connectivity index (χ2n) is 6.19. The van der Waals surface area contributed by atoms with Gasteiger partial charge >= 0.3 is 0 Å². The minimum Gasteiger partial charge on any atom is -0.294 e. The Labute approximate surface area is 127 Å². The van der Waals surface area contributed by atoms with Crippen LogP contribution in [0.15, 0.2) is 18.2 Å². The molecule has 1 aliphatic carbocycles. The predicted molar refractivity (Wildman–Crippen MR) is 85.5 cm³/mol. The summed E-state index contributed by atoms with van der Waals surface area (Å²) < 4.78 is 0. The molecule has 1 nitrogen and oxygen atoms in total. The monoisotopic (exact) mass is 292 g/mol. The van der Waals surface area contributed by atoms with E-state index in [1.165, 1.54) is 32.1 Å². The fourth-order valence-electron chi connectivity index (χ4n) is 3.19. The first kappa shape index (κ1) is 15.6. The quantitative estimate of drug-likeness (QED) is 0.624. The molecule has 110 valence electrons. The van der Waals surface area contributed by atoms with Gasteiger partial charge in [0, 0.05) is 16.5 Å². The first-order chi connectivity index (χ1) is 9.61. The van der Waals surface area contributed by atoms with Crippen molar-refractivity contribution < 1.29 is 4.79 Å². The van der Waals surface area contributed by atoms with Gasteiger partial charge in [-0.1, -0.05) is 49.9 Å². The van der Waals surface area contributed by atoms with Crippen molar-refractivity contribution in [2.24, 2.45) is 11.8 Å². The molecule has 0 amide bonds. The average Bonchev–Trinajstić information content (AvgIpc) is 2.48. The molecule has 0 saturated heterocycles. The van der Waals surface area contributed by atoms with Crippen LogP contribution in [0, 0.1) is 18.8 Å². The van der Waals surface area contributed by atoms with Gasteiger partial charge in [0.1, 0.15) is 0 Å². The van der Waals surface area contributed by atoms with Gasteiger partial charge in [0.05, 0.1) is 0 Å². The fourth-order valence-corrected chi connectivity index (χ4v) is 3.37. The molecule has 0 heterocycles. The summed E-state index contributed by atoms with van der Waals surface area (Å²) in [5, 5.41) is 0.701. The molecule has 0 atom stereocenters. The van der Waals surface area contributed by atoms with Crippen LogP contribution in [0.2, 0.25) is 5.02 Å². The first-order valence-corrected chi connectivity index (χ1v) is 8.30. The number of aryl methyl sites for hydroxylation is 1. The Balaban J connectivity index is 1.92. The molecule has 0 radical (unpaired) electrons. The van der Waals surface area contributed by atoms with E-state index in [2.05, 4.69) is 6.92 Å². The third-order valence-corrected chi connectivity index (χ3v) is 5.05. The molecule has 1 aromatic rings. The molecule has 1 saturated carbocycles. The van der Waals surface area contributed by atoms with E-state index in [-0.39, 0.29) is 5.92 Å². The van der Waals surface area contributed by atoms with E-state index in [1.54, 1.807) is 0 Å². The molecule has 1 aromatic carbocycles. The molecule has 2 rings (SSSR count). The van der Waals surface area contributed by atoms with Crippen molar-refractivity contribution in [1.29, 1.82) is 0 Å². The number of Topliss-reactive ketones (excluding diaryl/α,β-unsaturated/α-hetero) is 1. The fraction of sp³-hybridized carbons (Fsp3) is 0.611. The number of ketones is 1. The van der Waals surface area contributed by atoms with E-state index in [4.69, 9.17) is 11.6 Å². The molecule has 0 N–H and O–H groups in total. The Morgan fingerprint density at radius 3 is 2.55 bits per heavy atom. The van der Waals surface area contributed by atoms with Crippen LogP contribution in [-0.4, -0.2) is 5.78 Å². The minimum absolute atomic E-state index is 0.214. The summed E-state index contributed by atoms with van der Waals surface area (Å²) in [7, 11) is 0. The molecular formula is C18H25ClO. The third-order valence-electron chi connectivity index (χ3n) is 4.64. The molecule has 0 aromatic heterocycles. The number of carbonyl (C=O) groups excluding carboxylic acids is 1. The third kappa shape index (κ3) is 3.85. The van der Waals surface area contributed by atoms with Crippen molar-refractivity contribution in [2.75, 3.05) is 0 Å². The number of carbonyl (C=O) groups is 1. The maximum absolute atomic E-state index is 12.5. The van der Waals surface area contributed by atoms with Gasteiger partial charge in [0.15, 0.2) is 5.78 Å². The number of rotatable bonds is 5. The number of benzene rings is 1. The average molecular weight is 293 g/mol. The lowest BCUT2D eigenvalue weighted by Gasteiger charge is -2.27. The molecule has 0 aliphatic heterocycles. The first-order valence-electron chi connectivity index (χ1n) is 7.92. The highest BCUT2D eigenvalue weighted by Gasteiger charge is 2.26. The molecule has 20 heavy (non-hydrogen) atoms. The van der Waals surface area contributed by atoms with Crippen LogP contribution >= 0.6 is 11.6 Å². The van der Waals surface area contributed by atoms with Gasteiger partial charge in [-0.2, -0.15) is 0 Å². The predicted octanol–water partition coefficient (Wildman–Crippen LogP) is 5.83. The molecule has 0 unspecified atom stereocenters. The largest absolute Gasteiger partial charge is 0.294 e. The summed E-state index contributed by atoms with van der Waals surface area (Å²) in [6, 6.07) is 5.71. The zero-order chi connectivity index (χ0) is 14.5. The van der Waals surface area contributed by atoms with Crippen LogP contribution in [0.1, 0.15) is 67.8 Å². The minimum atomic E-state index is 0.214. The standard InChI is InChI=1S/C18H25ClO/c1-3-4-5-14-7-10-15(11-8-14)18(20)16-9-6-13(2)17(19)12-16/h6,9,12,14-15H,3-5,7-8,10-11H2,1-2H3. The van der Waals surface area contributed by atoms with E-state index in [9.17, 15) is 4.79 Å². The van der Waals surface area contributed by atoms with Gasteiger partial charge < -0.3 is 0 Å². The summed E-state index contributed by atoms with van der Waals surface area (Å²) in [5.41, 5.74) is 1.82. The summed E-state index contributed by atoms with van der Waals surface area (Å²) in [4.78, 5) is 12.5. The van der Waals surface area contributed by atoms with Crippen LogP contribution in [0.5, 0.6) is 0 Å². The van der Waals surface area contributed by atoms with Crippen molar-refractivity contribution in [3.63, 3.8) is 0 Å². The summed E-state index contributed by atoms with van der Waals surface area (Å²) in [6.07, 6.45) is 8.49. The lowest BCUT2D eigenvalue weighted by molar-refractivity contribution is 0.0869. The van der Waals surface area contributed by atoms with Crippen LogP contribution in [0.4, 0.5) is 0 Å². The van der Waals surface area contributed by atoms with Crippen molar-refractivity contribution in [3.05, 3.63) is 34.3 Å². The summed E-state index contributed by atoms with van der Waals surface area (Å²) in [6.45, 7) is 4.21. The Morgan fingerprint density at radius 1 is 1.25 bits per heavy atom. The van der Waals surface area contributed by atoms with Crippen LogP contribution in [0.25, 0.3) is 0 Å². The van der Waals surface area contributed by atoms with Gasteiger partial charge in [-0.15, -0.1) is 0 Å². The van der Waals surface area contributed by atoms with Crippen molar-refractivity contribution in [3.8, 4) is 0 Å². The van der Waals surface area contributed by atoms with Gasteiger partial charge in [-0.05, 0) is 50.2 Å². The second kappa shape index (κ2) is 7.26. The number of unbranched alkanes of at least 4 members (excludes halogenated alkanes) is 1. The van der Waals surface area contributed by atoms with E-state index < -0.39 is 0 Å². The normalized spacial score (nSPS) is 22.8. The topological polar surface area (TPSA) is 17.1 Å². The van der Waals surface area contributed by atoms with Crippen LogP contribution < -0.4 is 0 Å². The Morgan fingerprint density at radius 2 is 1.95 bits per heavy atom. The maximum Gasteiger partial charge on any atom is 0.165 e. The van der Waals surface area contributed by atoms with E-state index in [0.717, 1.165) is 29.9 Å². The van der Waals surface area contributed by atoms with Crippen molar-refractivity contribution in [2.45, 2.75) is 58.8 Å². The highest BCUT2D eigenvalue weighted by Crippen LogP contribution is 2.34. The van der Waals surface area contributed by atoms with Gasteiger partial charge in [-0.25, -0.2) is 0 Å². The Kier molecular flexibility index (Phi) is 5.65. The number of hydrogen-bond acceptors (Lipinski definition) is 1. The zero-order valence-electron chi connectivity index (χ0n) is 12.6. The Hall–Kier alpha value is -0.820. The van der Waals surface area contributed by atoms with Gasteiger partial charge in [-0.3, -0.25) is 4.79 Å². The molecule has 0 bridgehead atoms. The highest BCUT2D eigenvalue weighted by atomic mass is 35.5. The van der Waals surface area contributed by atoms with Crippen molar-refractivity contribution >= 4 is 17.4 Å². The Bertz CT molecular complexity index is 458. The van der Waals surface area contributed by atoms with Gasteiger partial charge in [0.25, 0.3) is 0 Å². The lowest BCUT2D eigenvalue weighted by Crippen LogP contribution is -2.22. The van der Waals surface area contributed by atoms with Crippen LogP contribution in [-0.2, 0) is 0 Å². The van der Waals surface area contributed by atoms with Crippen molar-refractivity contribution in [1.82, 2.24) is 0 Å². The van der Waals surface area contributed by atoms with E-state index in [1.807, 2.05) is 25.1 Å².